The lowest BCUT2D eigenvalue weighted by Crippen LogP contribution is -2.44. The maximum atomic E-state index is 11.4. The summed E-state index contributed by atoms with van der Waals surface area (Å²) in [5.41, 5.74) is 3.06. The van der Waals surface area contributed by atoms with Gasteiger partial charge in [0.1, 0.15) is 0 Å². The number of nitrogens with one attached hydrogen (secondary N) is 1. The van der Waals surface area contributed by atoms with Crippen molar-refractivity contribution in [3.63, 3.8) is 0 Å². The predicted octanol–water partition coefficient (Wildman–Crippen LogP) is 0.273. The Labute approximate surface area is 117 Å². The highest BCUT2D eigenvalue weighted by atomic mass is 32.1. The average molecular weight is 283 g/mol. The van der Waals surface area contributed by atoms with E-state index in [4.69, 9.17) is 5.84 Å². The summed E-state index contributed by atoms with van der Waals surface area (Å²) in [5, 5.41) is 2.36. The molecule has 3 N–H and O–H groups in total. The molecular weight excluding hydrogens is 262 g/mol. The van der Waals surface area contributed by atoms with Crippen LogP contribution in [0.25, 0.3) is 0 Å². The van der Waals surface area contributed by atoms with Gasteiger partial charge in [-0.2, -0.15) is 0 Å². The molecule has 0 spiro atoms. The number of nitrogens with two attached hydrogens (primary N) is 1. The van der Waals surface area contributed by atoms with E-state index in [1.54, 1.807) is 0 Å². The number of likely N-dealkylation sites (N-methyl/N-ethyl adjacent to an activating group) is 1. The van der Waals surface area contributed by atoms with Gasteiger partial charge in [-0.1, -0.05) is 0 Å². The van der Waals surface area contributed by atoms with Crippen LogP contribution < -0.4 is 11.3 Å². The molecule has 106 valence electrons. The maximum absolute atomic E-state index is 11.4. The van der Waals surface area contributed by atoms with Gasteiger partial charge >= 0.3 is 0 Å². The number of nitrogens with zero attached hydrogens (tertiary/aromatic N) is 3. The molecule has 1 aliphatic rings. The van der Waals surface area contributed by atoms with Crippen molar-refractivity contribution in [3.05, 3.63) is 16.1 Å². The van der Waals surface area contributed by atoms with Crippen molar-refractivity contribution in [2.45, 2.75) is 25.4 Å². The number of likely N-dealkylation sites (tertiary alicyclic amines) is 1. The van der Waals surface area contributed by atoms with Gasteiger partial charge in [0.15, 0.2) is 5.01 Å². The fraction of sp³-hybridized carbons (Fsp3) is 0.667. The first-order valence-corrected chi connectivity index (χ1v) is 7.32. The van der Waals surface area contributed by atoms with Crippen molar-refractivity contribution in [3.8, 4) is 0 Å². The zero-order valence-corrected chi connectivity index (χ0v) is 12.2. The highest BCUT2D eigenvalue weighted by Gasteiger charge is 2.22. The summed E-state index contributed by atoms with van der Waals surface area (Å²) in [7, 11) is 4.25. The van der Waals surface area contributed by atoms with E-state index in [1.165, 1.54) is 24.2 Å². The van der Waals surface area contributed by atoms with E-state index >= 15 is 0 Å². The van der Waals surface area contributed by atoms with Crippen molar-refractivity contribution in [1.29, 1.82) is 0 Å². The third-order valence-corrected chi connectivity index (χ3v) is 4.36. The maximum Gasteiger partial charge on any atom is 0.294 e. The Morgan fingerprint density at radius 3 is 3.16 bits per heavy atom. The molecule has 1 aliphatic heterocycles. The number of thiazole rings is 1. The SMILES string of the molecule is CN(C)C1CCCN(Cc2csc(C(=O)NN)n2)C1. The normalized spacial score (nSPS) is 20.7. The van der Waals surface area contributed by atoms with Gasteiger partial charge in [0.2, 0.25) is 0 Å². The first-order valence-electron chi connectivity index (χ1n) is 6.44. The summed E-state index contributed by atoms with van der Waals surface area (Å²) >= 11 is 1.34. The number of rotatable bonds is 4. The van der Waals surface area contributed by atoms with Crippen LogP contribution in [-0.2, 0) is 6.54 Å². The monoisotopic (exact) mass is 283 g/mol. The molecule has 0 saturated carbocycles. The molecule has 1 amide bonds. The van der Waals surface area contributed by atoms with Gasteiger partial charge < -0.3 is 4.90 Å². The molecule has 0 radical (unpaired) electrons. The van der Waals surface area contributed by atoms with Crippen molar-refractivity contribution in [2.75, 3.05) is 27.2 Å². The smallest absolute Gasteiger partial charge is 0.294 e. The second-order valence-corrected chi connectivity index (χ2v) is 5.97. The molecule has 6 nitrogen and oxygen atoms in total. The van der Waals surface area contributed by atoms with Crippen LogP contribution in [0.5, 0.6) is 0 Å². The average Bonchev–Trinajstić information content (AvgIpc) is 2.86. The molecule has 1 atom stereocenters. The molecule has 0 aliphatic carbocycles. The first kappa shape index (κ1) is 14.4. The van der Waals surface area contributed by atoms with Crippen LogP contribution in [-0.4, -0.2) is 53.9 Å². The minimum Gasteiger partial charge on any atom is -0.305 e. The van der Waals surface area contributed by atoms with Crippen LogP contribution in [0.4, 0.5) is 0 Å². The molecule has 1 aromatic heterocycles. The minimum absolute atomic E-state index is 0.318. The van der Waals surface area contributed by atoms with Crippen LogP contribution in [0, 0.1) is 0 Å². The molecule has 7 heteroatoms. The van der Waals surface area contributed by atoms with Gasteiger partial charge in [-0.15, -0.1) is 11.3 Å². The number of hydrazine groups is 1. The Kier molecular flexibility index (Phi) is 4.87. The topological polar surface area (TPSA) is 74.5 Å². The number of aromatic nitrogens is 1. The van der Waals surface area contributed by atoms with E-state index in [2.05, 4.69) is 34.3 Å². The predicted molar refractivity (Wildman–Crippen MR) is 75.8 cm³/mol. The molecule has 0 aromatic carbocycles. The van der Waals surface area contributed by atoms with Gasteiger partial charge in [0, 0.05) is 24.5 Å². The molecule has 19 heavy (non-hydrogen) atoms. The molecule has 2 rings (SSSR count). The molecule has 1 unspecified atom stereocenters. The second kappa shape index (κ2) is 6.42. The summed E-state index contributed by atoms with van der Waals surface area (Å²) in [4.78, 5) is 20.3. The lowest BCUT2D eigenvalue weighted by atomic mass is 10.0. The third kappa shape index (κ3) is 3.73. The number of carbonyl (C=O) groups excluding carboxylic acids is 1. The summed E-state index contributed by atoms with van der Waals surface area (Å²) in [6.45, 7) is 2.96. The van der Waals surface area contributed by atoms with Gasteiger partial charge in [-0.05, 0) is 33.5 Å². The number of piperidine rings is 1. The van der Waals surface area contributed by atoms with Crippen molar-refractivity contribution < 1.29 is 4.79 Å². The van der Waals surface area contributed by atoms with Crippen LogP contribution in [0.3, 0.4) is 0 Å². The van der Waals surface area contributed by atoms with Crippen LogP contribution in [0.1, 0.15) is 28.3 Å². The third-order valence-electron chi connectivity index (χ3n) is 3.47. The first-order chi connectivity index (χ1) is 9.10. The van der Waals surface area contributed by atoms with Crippen molar-refractivity contribution in [2.24, 2.45) is 5.84 Å². The number of hydrogen-bond acceptors (Lipinski definition) is 6. The van der Waals surface area contributed by atoms with Crippen LogP contribution in [0.15, 0.2) is 5.38 Å². The number of carbonyl (C=O) groups is 1. The highest BCUT2D eigenvalue weighted by Crippen LogP contribution is 2.17. The number of nitrogen functional groups attached to an aromatic ring is 1. The molecule has 0 bridgehead atoms. The summed E-state index contributed by atoms with van der Waals surface area (Å²) in [6, 6.07) is 0.610. The molecule has 2 heterocycles. The summed E-state index contributed by atoms with van der Waals surface area (Å²) < 4.78 is 0. The second-order valence-electron chi connectivity index (χ2n) is 5.11. The van der Waals surface area contributed by atoms with E-state index in [0.29, 0.717) is 11.0 Å². The van der Waals surface area contributed by atoms with E-state index in [1.807, 2.05) is 5.38 Å². The van der Waals surface area contributed by atoms with Crippen molar-refractivity contribution in [1.82, 2.24) is 20.2 Å². The van der Waals surface area contributed by atoms with E-state index in [9.17, 15) is 4.79 Å². The lowest BCUT2D eigenvalue weighted by Gasteiger charge is -2.35. The van der Waals surface area contributed by atoms with Gasteiger partial charge in [0.05, 0.1) is 5.69 Å². The fourth-order valence-corrected chi connectivity index (χ4v) is 3.08. The van der Waals surface area contributed by atoms with E-state index in [0.717, 1.165) is 25.3 Å². The largest absolute Gasteiger partial charge is 0.305 e. The Balaban J connectivity index is 1.93. The number of amides is 1. The Morgan fingerprint density at radius 1 is 1.68 bits per heavy atom. The fourth-order valence-electron chi connectivity index (χ4n) is 2.37. The van der Waals surface area contributed by atoms with Crippen LogP contribution >= 0.6 is 11.3 Å². The molecule has 1 saturated heterocycles. The van der Waals surface area contributed by atoms with Crippen LogP contribution in [0.2, 0.25) is 0 Å². The number of hydrogen-bond donors (Lipinski definition) is 2. The molecular formula is C12H21N5OS. The summed E-state index contributed by atoms with van der Waals surface area (Å²) in [5.74, 6) is 4.78. The van der Waals surface area contributed by atoms with Crippen molar-refractivity contribution >= 4 is 17.2 Å². The van der Waals surface area contributed by atoms with E-state index in [-0.39, 0.29) is 5.91 Å². The summed E-state index contributed by atoms with van der Waals surface area (Å²) in [6.07, 6.45) is 2.46. The van der Waals surface area contributed by atoms with Gasteiger partial charge in [-0.3, -0.25) is 15.1 Å². The Morgan fingerprint density at radius 2 is 2.47 bits per heavy atom. The Hall–Kier alpha value is -1.02. The minimum atomic E-state index is -0.318. The molecule has 1 aromatic rings. The lowest BCUT2D eigenvalue weighted by molar-refractivity contribution is 0.0952. The standard InChI is InChI=1S/C12H21N5OS/c1-16(2)10-4-3-5-17(7-10)6-9-8-19-12(14-9)11(18)15-13/h8,10H,3-7,13H2,1-2H3,(H,15,18). The quantitative estimate of drug-likeness (QED) is 0.471. The molecule has 1 fully saturated rings. The Bertz CT molecular complexity index is 434. The zero-order valence-electron chi connectivity index (χ0n) is 11.4. The van der Waals surface area contributed by atoms with Gasteiger partial charge in [0.25, 0.3) is 5.91 Å². The highest BCUT2D eigenvalue weighted by molar-refractivity contribution is 7.11. The van der Waals surface area contributed by atoms with Gasteiger partial charge in [-0.25, -0.2) is 10.8 Å². The zero-order chi connectivity index (χ0) is 13.8. The van der Waals surface area contributed by atoms with E-state index < -0.39 is 0 Å².